The van der Waals surface area contributed by atoms with Gasteiger partial charge in [0.05, 0.1) is 18.1 Å². The average molecular weight is 222 g/mol. The molecule has 0 aromatic heterocycles. The van der Waals surface area contributed by atoms with E-state index in [1.807, 2.05) is 13.8 Å². The van der Waals surface area contributed by atoms with Crippen LogP contribution in [-0.4, -0.2) is 49.0 Å². The summed E-state index contributed by atoms with van der Waals surface area (Å²) in [5.74, 6) is -1.89. The van der Waals surface area contributed by atoms with Crippen LogP contribution >= 0.6 is 0 Å². The van der Waals surface area contributed by atoms with Crippen molar-refractivity contribution in [3.8, 4) is 0 Å². The van der Waals surface area contributed by atoms with Gasteiger partial charge in [0.25, 0.3) is 1.43 Å². The number of rotatable bonds is 5. The molecule has 0 bridgehead atoms. The molecule has 4 N–H and O–H groups in total. The van der Waals surface area contributed by atoms with E-state index in [0.29, 0.717) is 0 Å². The molecule has 1 saturated carbocycles. The lowest BCUT2D eigenvalue weighted by atomic mass is 9.71. The third-order valence-corrected chi connectivity index (χ3v) is 3.15. The van der Waals surface area contributed by atoms with E-state index in [1.54, 1.807) is 0 Å². The van der Waals surface area contributed by atoms with E-state index in [1.165, 1.54) is 0 Å². The van der Waals surface area contributed by atoms with Crippen molar-refractivity contribution in [1.82, 2.24) is 0 Å². The molecule has 5 nitrogen and oxygen atoms in total. The molecule has 5 atom stereocenters. The quantitative estimate of drug-likeness (QED) is 0.500. The summed E-state index contributed by atoms with van der Waals surface area (Å²) in [5.41, 5.74) is 0. The van der Waals surface area contributed by atoms with Crippen molar-refractivity contribution in [2.24, 2.45) is 17.8 Å². The van der Waals surface area contributed by atoms with Crippen molar-refractivity contribution in [1.29, 1.82) is 5.72 Å². The van der Waals surface area contributed by atoms with Crippen LogP contribution in [0.15, 0.2) is 0 Å². The maximum atomic E-state index is 11.6. The average Bonchev–Trinajstić information content (AvgIpc) is 2.43. The lowest BCUT2D eigenvalue weighted by Gasteiger charge is -2.40. The third kappa shape index (κ3) is 2.30. The van der Waals surface area contributed by atoms with Gasteiger partial charge in [-0.15, -0.1) is 0 Å². The summed E-state index contributed by atoms with van der Waals surface area (Å²) < 4.78 is 27.9. The summed E-state index contributed by atoms with van der Waals surface area (Å²) in [6, 6.07) is 0. The van der Waals surface area contributed by atoms with Gasteiger partial charge in [0.1, 0.15) is 6.10 Å². The Hall–Kier alpha value is -0.650. The summed E-state index contributed by atoms with van der Waals surface area (Å²) in [7, 11) is 0. The second kappa shape index (κ2) is 4.47. The van der Waals surface area contributed by atoms with Crippen molar-refractivity contribution in [3.63, 3.8) is 0 Å². The van der Waals surface area contributed by atoms with Gasteiger partial charge in [-0.25, -0.2) is 0 Å². The first-order valence-electron chi connectivity index (χ1n) is 6.67. The molecule has 15 heavy (non-hydrogen) atoms. The maximum absolute atomic E-state index is 11.6. The number of carboxylic acids is 1. The van der Waals surface area contributed by atoms with E-state index in [9.17, 15) is 4.79 Å². The molecule has 0 spiro atoms. The monoisotopic (exact) mass is 222 g/mol. The number of aliphatic hydroxyl groups is 3. The van der Waals surface area contributed by atoms with Gasteiger partial charge in [0, 0.05) is 0 Å². The zero-order chi connectivity index (χ0) is 14.6. The Bertz CT molecular complexity index is 304. The molecule has 5 heteroatoms. The highest BCUT2D eigenvalue weighted by molar-refractivity contribution is 5.71. The van der Waals surface area contributed by atoms with Crippen LogP contribution in [0.1, 0.15) is 20.3 Å². The Balaban J connectivity index is 3.05. The first kappa shape index (κ1) is 7.60. The summed E-state index contributed by atoms with van der Waals surface area (Å²) in [6.45, 7) is 3.78. The SMILES string of the molecule is [2H]OC(=O)C1CC(C(C)C)C(O[2H])C(O[2H])C1O[2H]. The molecule has 0 aromatic carbocycles. The highest BCUT2D eigenvalue weighted by atomic mass is 16.4. The molecular weight excluding hydrogens is 200 g/mol. The number of carboxylic acid groups (broad SMARTS) is 1. The molecule has 0 amide bonds. The topological polar surface area (TPSA) is 98.0 Å². The zero-order valence-electron chi connectivity index (χ0n) is 12.7. The second-order valence-electron chi connectivity index (χ2n) is 4.46. The summed E-state index contributed by atoms with van der Waals surface area (Å²) in [5, 5.41) is 17.5. The highest BCUT2D eigenvalue weighted by Crippen LogP contribution is 2.34. The van der Waals surface area contributed by atoms with E-state index in [2.05, 4.69) is 20.4 Å². The van der Waals surface area contributed by atoms with Crippen LogP contribution < -0.4 is 0 Å². The van der Waals surface area contributed by atoms with Crippen LogP contribution in [0, 0.1) is 17.8 Å². The molecule has 0 aromatic rings. The molecule has 0 radical (unpaired) electrons. The number of aliphatic hydroxyl groups excluding tert-OH is 3. The van der Waals surface area contributed by atoms with Crippen LogP contribution in [0.3, 0.4) is 0 Å². The van der Waals surface area contributed by atoms with E-state index in [-0.39, 0.29) is 18.3 Å². The minimum Gasteiger partial charge on any atom is -0.481 e. The fourth-order valence-corrected chi connectivity index (χ4v) is 2.10. The van der Waals surface area contributed by atoms with Crippen LogP contribution in [0.5, 0.6) is 0 Å². The first-order chi connectivity index (χ1) is 9.01. The summed E-state index contributed by atoms with van der Waals surface area (Å²) >= 11 is 0. The normalized spacial score (nSPS) is 45.1. The largest absolute Gasteiger partial charge is 0.481 e. The van der Waals surface area contributed by atoms with Crippen LogP contribution in [0.4, 0.5) is 0 Å². The smallest absolute Gasteiger partial charge is 0.309 e. The van der Waals surface area contributed by atoms with Gasteiger partial charge in [-0.1, -0.05) is 13.8 Å². The number of hydrogen-bond donors (Lipinski definition) is 4. The van der Waals surface area contributed by atoms with Gasteiger partial charge in [-0.3, -0.25) is 4.79 Å². The molecule has 1 rings (SSSR count). The number of hydrogen-bond acceptors (Lipinski definition) is 5. The van der Waals surface area contributed by atoms with Gasteiger partial charge in [-0.05, 0) is 18.3 Å². The lowest BCUT2D eigenvalue weighted by molar-refractivity contribution is -0.171. The first-order valence-corrected chi connectivity index (χ1v) is 5.04. The zero-order valence-corrected chi connectivity index (χ0v) is 8.71. The fourth-order valence-electron chi connectivity index (χ4n) is 2.10. The summed E-state index contributed by atoms with van der Waals surface area (Å²) in [6.07, 6.45) is -2.67. The van der Waals surface area contributed by atoms with E-state index < -0.39 is 30.2 Å². The third-order valence-electron chi connectivity index (χ3n) is 3.15. The Labute approximate surface area is 94.3 Å². The second-order valence-corrected chi connectivity index (χ2v) is 4.46. The Morgan fingerprint density at radius 1 is 1.27 bits per heavy atom. The van der Waals surface area contributed by atoms with Crippen molar-refractivity contribution < 1.29 is 25.2 Å². The van der Waals surface area contributed by atoms with Crippen molar-refractivity contribution >= 4 is 5.97 Å². The van der Waals surface area contributed by atoms with Crippen LogP contribution in [0.2, 0.25) is 0 Å². The standard InChI is InChI=1S/C10H18O5/c1-4(2)5-3-6(10(14)15)8(12)9(13)7(5)11/h4-9,11-13H,3H2,1-2H3,(H,14,15)/i11D,12D,13D/hD. The highest BCUT2D eigenvalue weighted by Gasteiger charge is 2.46. The Morgan fingerprint density at radius 3 is 2.40 bits per heavy atom. The maximum Gasteiger partial charge on any atom is 0.309 e. The minimum atomic E-state index is -1.10. The van der Waals surface area contributed by atoms with Gasteiger partial charge >= 0.3 is 5.97 Å². The van der Waals surface area contributed by atoms with Crippen LogP contribution in [-0.2, 0) is 4.79 Å². The molecule has 1 aliphatic carbocycles. The number of carbonyl (C=O) groups is 1. The van der Waals surface area contributed by atoms with E-state index in [0.717, 1.165) is 0 Å². The molecule has 5 unspecified atom stereocenters. The van der Waals surface area contributed by atoms with E-state index >= 15 is 0 Å². The molecule has 0 heterocycles. The van der Waals surface area contributed by atoms with Gasteiger partial charge in [0.2, 0.25) is 4.29 Å². The van der Waals surface area contributed by atoms with Crippen molar-refractivity contribution in [3.05, 3.63) is 0 Å². The predicted molar refractivity (Wildman–Crippen MR) is 52.1 cm³/mol. The molecule has 88 valence electrons. The van der Waals surface area contributed by atoms with E-state index in [4.69, 9.17) is 5.72 Å². The lowest BCUT2D eigenvalue weighted by Crippen LogP contribution is -2.54. The number of aliphatic carboxylic acids is 1. The van der Waals surface area contributed by atoms with Gasteiger partial charge in [0.15, 0.2) is 0 Å². The Kier molecular flexibility index (Phi) is 2.26. The van der Waals surface area contributed by atoms with Crippen molar-refractivity contribution in [2.75, 3.05) is 0 Å². The molecule has 1 fully saturated rings. The van der Waals surface area contributed by atoms with Crippen LogP contribution in [0.25, 0.3) is 1.43 Å². The molecule has 0 aliphatic heterocycles. The van der Waals surface area contributed by atoms with Crippen molar-refractivity contribution in [2.45, 2.75) is 38.6 Å². The van der Waals surface area contributed by atoms with Gasteiger partial charge in [-0.2, -0.15) is 0 Å². The molecule has 0 saturated heterocycles. The summed E-state index contributed by atoms with van der Waals surface area (Å²) in [4.78, 5) is 11.6. The predicted octanol–water partition coefficient (Wildman–Crippen LogP) is -0.554. The molecular formula is C10H18O5. The molecule has 1 aliphatic rings. The Morgan fingerprint density at radius 2 is 1.93 bits per heavy atom. The fraction of sp³-hybridized carbons (Fsp3) is 0.900. The minimum absolute atomic E-state index is 0.0701. The van der Waals surface area contributed by atoms with Gasteiger partial charge < -0.3 is 20.4 Å².